The Balaban J connectivity index is 2.02. The lowest BCUT2D eigenvalue weighted by atomic mass is 9.86. The van der Waals surface area contributed by atoms with Gasteiger partial charge in [-0.15, -0.1) is 0 Å². The Bertz CT molecular complexity index is 809. The van der Waals surface area contributed by atoms with Gasteiger partial charge in [-0.05, 0) is 35.6 Å². The largest absolute Gasteiger partial charge is 0.483 e. The number of para-hydroxylation sites is 2. The highest BCUT2D eigenvalue weighted by Crippen LogP contribution is 2.30. The summed E-state index contributed by atoms with van der Waals surface area (Å²) in [6, 6.07) is 14.7. The van der Waals surface area contributed by atoms with Crippen molar-refractivity contribution in [3.05, 3.63) is 59.7 Å². The van der Waals surface area contributed by atoms with E-state index >= 15 is 0 Å². The lowest BCUT2D eigenvalue weighted by Crippen LogP contribution is -2.27. The van der Waals surface area contributed by atoms with Crippen molar-refractivity contribution < 1.29 is 14.3 Å². The number of hydrogen-bond acceptors (Lipinski definition) is 3. The molecule has 2 N–H and O–H groups in total. The predicted molar refractivity (Wildman–Crippen MR) is 113 cm³/mol. The molecule has 0 radical (unpaired) electrons. The Kier molecular flexibility index (Phi) is 7.61. The minimum atomic E-state index is -0.308. The second-order valence-corrected chi connectivity index (χ2v) is 7.74. The van der Waals surface area contributed by atoms with E-state index in [0.717, 1.165) is 18.4 Å². The molecule has 2 aromatic carbocycles. The van der Waals surface area contributed by atoms with Crippen molar-refractivity contribution in [2.24, 2.45) is 0 Å². The molecule has 0 spiro atoms. The lowest BCUT2D eigenvalue weighted by molar-refractivity contribution is -0.118. The molecule has 150 valence electrons. The fraction of sp³-hybridized carbons (Fsp3) is 0.391. The van der Waals surface area contributed by atoms with Crippen LogP contribution in [0.5, 0.6) is 5.75 Å². The van der Waals surface area contributed by atoms with Crippen LogP contribution in [-0.2, 0) is 10.2 Å². The first-order chi connectivity index (χ1) is 13.3. The maximum atomic E-state index is 12.4. The molecule has 0 aliphatic carbocycles. The molecule has 0 saturated carbocycles. The van der Waals surface area contributed by atoms with E-state index in [1.807, 2.05) is 24.3 Å². The standard InChI is InChI=1S/C23H30N2O3/c1-5-6-15-24-22(27)17-11-7-9-13-19(17)25-21(26)16-28-20-14-10-8-12-18(20)23(2,3)4/h7-14H,5-6,15-16H2,1-4H3,(H,24,27)(H,25,26). The van der Waals surface area contributed by atoms with E-state index in [1.54, 1.807) is 24.3 Å². The molecule has 0 aliphatic rings. The summed E-state index contributed by atoms with van der Waals surface area (Å²) >= 11 is 0. The van der Waals surface area contributed by atoms with E-state index in [-0.39, 0.29) is 23.8 Å². The van der Waals surface area contributed by atoms with E-state index in [9.17, 15) is 9.59 Å². The molecular formula is C23H30N2O3. The number of anilines is 1. The minimum absolute atomic E-state index is 0.0871. The number of hydrogen-bond donors (Lipinski definition) is 2. The molecule has 0 heterocycles. The van der Waals surface area contributed by atoms with E-state index in [1.165, 1.54) is 0 Å². The van der Waals surface area contributed by atoms with Crippen molar-refractivity contribution in [1.82, 2.24) is 5.32 Å². The van der Waals surface area contributed by atoms with E-state index in [2.05, 4.69) is 38.3 Å². The summed E-state index contributed by atoms with van der Waals surface area (Å²) in [5.74, 6) is 0.191. The molecule has 0 aliphatic heterocycles. The van der Waals surface area contributed by atoms with Crippen molar-refractivity contribution in [3.63, 3.8) is 0 Å². The number of unbranched alkanes of at least 4 members (excludes halogenated alkanes) is 1. The van der Waals surface area contributed by atoms with Gasteiger partial charge in [0.25, 0.3) is 11.8 Å². The zero-order valence-electron chi connectivity index (χ0n) is 17.2. The molecule has 0 aromatic heterocycles. The Morgan fingerprint density at radius 1 is 1.00 bits per heavy atom. The molecule has 2 aromatic rings. The molecule has 2 rings (SSSR count). The fourth-order valence-electron chi connectivity index (χ4n) is 2.81. The quantitative estimate of drug-likeness (QED) is 0.659. The fourth-order valence-corrected chi connectivity index (χ4v) is 2.81. The Morgan fingerprint density at radius 3 is 2.39 bits per heavy atom. The van der Waals surface area contributed by atoms with Gasteiger partial charge in [0, 0.05) is 6.54 Å². The first-order valence-corrected chi connectivity index (χ1v) is 9.72. The van der Waals surface area contributed by atoms with Gasteiger partial charge in [0.15, 0.2) is 6.61 Å². The first-order valence-electron chi connectivity index (χ1n) is 9.72. The van der Waals surface area contributed by atoms with Gasteiger partial charge in [-0.3, -0.25) is 9.59 Å². The van der Waals surface area contributed by atoms with E-state index < -0.39 is 0 Å². The van der Waals surface area contributed by atoms with Gasteiger partial charge in [0.2, 0.25) is 0 Å². The minimum Gasteiger partial charge on any atom is -0.483 e. The van der Waals surface area contributed by atoms with Gasteiger partial charge in [-0.25, -0.2) is 0 Å². The van der Waals surface area contributed by atoms with Crippen molar-refractivity contribution >= 4 is 17.5 Å². The predicted octanol–water partition coefficient (Wildman–Crippen LogP) is 4.53. The summed E-state index contributed by atoms with van der Waals surface area (Å²) in [5, 5.41) is 5.66. The topological polar surface area (TPSA) is 67.4 Å². The average Bonchev–Trinajstić information content (AvgIpc) is 2.66. The van der Waals surface area contributed by atoms with Crippen molar-refractivity contribution in [3.8, 4) is 5.75 Å². The summed E-state index contributed by atoms with van der Waals surface area (Å²) in [6.07, 6.45) is 1.92. The lowest BCUT2D eigenvalue weighted by Gasteiger charge is -2.22. The van der Waals surface area contributed by atoms with Crippen molar-refractivity contribution in [2.45, 2.75) is 46.0 Å². The average molecular weight is 383 g/mol. The zero-order chi connectivity index (χ0) is 20.6. The molecule has 5 nitrogen and oxygen atoms in total. The maximum absolute atomic E-state index is 12.4. The monoisotopic (exact) mass is 382 g/mol. The number of carbonyl (C=O) groups is 2. The number of rotatable bonds is 8. The van der Waals surface area contributed by atoms with Crippen LogP contribution in [0.2, 0.25) is 0 Å². The molecule has 2 amide bonds. The van der Waals surface area contributed by atoms with E-state index in [4.69, 9.17) is 4.74 Å². The molecule has 0 bridgehead atoms. The van der Waals surface area contributed by atoms with Gasteiger partial charge in [0.1, 0.15) is 5.75 Å². The normalized spacial score (nSPS) is 11.0. The van der Waals surface area contributed by atoms with Crippen LogP contribution in [0.3, 0.4) is 0 Å². The second kappa shape index (κ2) is 9.93. The third-order valence-electron chi connectivity index (χ3n) is 4.32. The van der Waals surface area contributed by atoms with E-state index in [0.29, 0.717) is 23.5 Å². The summed E-state index contributed by atoms with van der Waals surface area (Å²) in [6.45, 7) is 8.86. The van der Waals surface area contributed by atoms with Crippen molar-refractivity contribution in [1.29, 1.82) is 0 Å². The summed E-state index contributed by atoms with van der Waals surface area (Å²) in [7, 11) is 0. The number of carbonyl (C=O) groups excluding carboxylic acids is 2. The first kappa shape index (κ1) is 21.5. The Labute approximate surface area is 167 Å². The highest BCUT2D eigenvalue weighted by atomic mass is 16.5. The van der Waals surface area contributed by atoms with Gasteiger partial charge in [0.05, 0.1) is 11.3 Å². The molecule has 0 atom stereocenters. The Morgan fingerprint density at radius 2 is 1.68 bits per heavy atom. The van der Waals surface area contributed by atoms with Crippen LogP contribution in [0.1, 0.15) is 56.5 Å². The second-order valence-electron chi connectivity index (χ2n) is 7.74. The zero-order valence-corrected chi connectivity index (χ0v) is 17.2. The molecule has 5 heteroatoms. The molecule has 28 heavy (non-hydrogen) atoms. The summed E-state index contributed by atoms with van der Waals surface area (Å²) in [5.41, 5.74) is 1.88. The van der Waals surface area contributed by atoms with Gasteiger partial charge in [-0.1, -0.05) is 64.4 Å². The van der Waals surface area contributed by atoms with Crippen LogP contribution in [0.15, 0.2) is 48.5 Å². The van der Waals surface area contributed by atoms with Crippen LogP contribution < -0.4 is 15.4 Å². The molecule has 0 saturated heterocycles. The van der Waals surface area contributed by atoms with Gasteiger partial charge in [-0.2, -0.15) is 0 Å². The summed E-state index contributed by atoms with van der Waals surface area (Å²) < 4.78 is 5.76. The van der Waals surface area contributed by atoms with Crippen LogP contribution in [0.25, 0.3) is 0 Å². The molecular weight excluding hydrogens is 352 g/mol. The smallest absolute Gasteiger partial charge is 0.262 e. The van der Waals surface area contributed by atoms with Crippen LogP contribution >= 0.6 is 0 Å². The van der Waals surface area contributed by atoms with Gasteiger partial charge < -0.3 is 15.4 Å². The van der Waals surface area contributed by atoms with Crippen LogP contribution in [-0.4, -0.2) is 25.0 Å². The SMILES string of the molecule is CCCCNC(=O)c1ccccc1NC(=O)COc1ccccc1C(C)(C)C. The van der Waals surface area contributed by atoms with Crippen LogP contribution in [0, 0.1) is 0 Å². The highest BCUT2D eigenvalue weighted by molar-refractivity contribution is 6.04. The third-order valence-corrected chi connectivity index (χ3v) is 4.32. The molecule has 0 fully saturated rings. The van der Waals surface area contributed by atoms with Crippen molar-refractivity contribution in [2.75, 3.05) is 18.5 Å². The number of benzene rings is 2. The third kappa shape index (κ3) is 6.12. The Hall–Kier alpha value is -2.82. The number of ether oxygens (including phenoxy) is 1. The maximum Gasteiger partial charge on any atom is 0.262 e. The molecule has 0 unspecified atom stereocenters. The number of amides is 2. The van der Waals surface area contributed by atoms with Gasteiger partial charge >= 0.3 is 0 Å². The number of nitrogens with one attached hydrogen (secondary N) is 2. The van der Waals surface area contributed by atoms with Crippen LogP contribution in [0.4, 0.5) is 5.69 Å². The highest BCUT2D eigenvalue weighted by Gasteiger charge is 2.19. The summed E-state index contributed by atoms with van der Waals surface area (Å²) in [4.78, 5) is 24.8.